The van der Waals surface area contributed by atoms with Crippen molar-refractivity contribution >= 4 is 64.4 Å². The van der Waals surface area contributed by atoms with Crippen molar-refractivity contribution in [3.05, 3.63) is 117 Å². The fourth-order valence-corrected chi connectivity index (χ4v) is 13.8. The summed E-state index contributed by atoms with van der Waals surface area (Å²) in [5.74, 6) is -14.7. The lowest BCUT2D eigenvalue weighted by Gasteiger charge is -2.47. The van der Waals surface area contributed by atoms with Crippen molar-refractivity contribution in [3.8, 4) is 57.1 Å². The van der Waals surface area contributed by atoms with Crippen LogP contribution in [0, 0.1) is 11.8 Å². The smallest absolute Gasteiger partial charge is 0.330 e. The van der Waals surface area contributed by atoms with E-state index in [1.807, 2.05) is 13.8 Å². The number of aromatic hydroxyl groups is 3. The molecule has 1 unspecified atom stereocenters. The van der Waals surface area contributed by atoms with E-state index in [1.165, 1.54) is 62.6 Å². The number of carbonyl (C=O) groups is 7. The summed E-state index contributed by atoms with van der Waals surface area (Å²) in [5.41, 5.74) is 9.32. The summed E-state index contributed by atoms with van der Waals surface area (Å²) in [6, 6.07) is 6.39. The molecule has 7 aliphatic rings. The summed E-state index contributed by atoms with van der Waals surface area (Å²) < 4.78 is 44.6. The minimum atomic E-state index is -2.19. The van der Waals surface area contributed by atoms with E-state index in [1.54, 1.807) is 14.0 Å². The third kappa shape index (κ3) is 16.5. The maximum absolute atomic E-state index is 16.2. The highest BCUT2D eigenvalue weighted by Gasteiger charge is 2.51. The molecule has 0 aliphatic carbocycles. The molecule has 18 atom stereocenters. The molecule has 544 valence electrons. The Balaban J connectivity index is 1.23. The molecule has 5 aromatic carbocycles. The number of rotatable bonds is 14. The number of phenols is 3. The first-order chi connectivity index (χ1) is 47.7. The number of carboxylic acids is 1. The van der Waals surface area contributed by atoms with Gasteiger partial charge in [0, 0.05) is 61.1 Å². The van der Waals surface area contributed by atoms with Gasteiger partial charge in [-0.15, -0.1) is 0 Å². The van der Waals surface area contributed by atoms with Gasteiger partial charge in [0.2, 0.25) is 35.7 Å². The fourth-order valence-electron chi connectivity index (χ4n) is 13.3. The SMILES string of the molecule is CN[C@H](CC(C)C)C(=O)NC1C(=O)C[C@@H](CC(N)=O)CN[C@H]2C(=O)C[C@H]3C(=O)N[C@H](C(=O)N[C@@H](C(=O)O)c4cc(O)cc(O)c4-c4cc3ccc4O)[C@H](O)c3ccc(c(Cl)c3)Oc3cc2cc(c3O[C@@H]2O[C@H](COC)[C@@H](O)[C@H](O)[C@H]2O[C@H]2C[C@](C)(N)[C@H](O)[C@H](C)O2)Oc2ccc(cc2Cl)[C@H]1O. The lowest BCUT2D eigenvalue weighted by atomic mass is 9.84. The molecule has 4 amide bonds. The fraction of sp³-hybridized carbons (Fsp3) is 0.464. The van der Waals surface area contributed by atoms with Gasteiger partial charge in [0.05, 0.1) is 46.9 Å². The Bertz CT molecular complexity index is 4000. The average Bonchev–Trinajstić information content (AvgIpc) is 0.771. The Hall–Kier alpha value is -8.31. The maximum atomic E-state index is 16.2. The van der Waals surface area contributed by atoms with Gasteiger partial charge in [-0.1, -0.05) is 55.2 Å². The Morgan fingerprint density at radius 2 is 1.42 bits per heavy atom. The Morgan fingerprint density at radius 3 is 2.01 bits per heavy atom. The molecular weight excluding hydrogens is 1370 g/mol. The zero-order chi connectivity index (χ0) is 73.4. The normalized spacial score (nSPS) is 29.7. The summed E-state index contributed by atoms with van der Waals surface area (Å²) in [6.45, 7) is 5.99. The topological polar surface area (TPSA) is 478 Å². The third-order valence-electron chi connectivity index (χ3n) is 18.6. The number of hydrogen-bond donors (Lipinski definition) is 16. The van der Waals surface area contributed by atoms with Crippen LogP contribution in [0.15, 0.2) is 78.9 Å². The van der Waals surface area contributed by atoms with Crippen molar-refractivity contribution in [3.63, 3.8) is 0 Å². The lowest BCUT2D eigenvalue weighted by Crippen LogP contribution is -2.64. The van der Waals surface area contributed by atoms with Gasteiger partial charge in [-0.05, 0) is 123 Å². The van der Waals surface area contributed by atoms with Crippen LogP contribution in [0.25, 0.3) is 11.1 Å². The van der Waals surface area contributed by atoms with E-state index in [0.29, 0.717) is 6.42 Å². The first-order valence-electron chi connectivity index (χ1n) is 32.5. The van der Waals surface area contributed by atoms with Crippen molar-refractivity contribution in [1.82, 2.24) is 26.6 Å². The molecule has 5 aromatic rings. The Labute approximate surface area is 588 Å². The number of ketones is 2. The number of amides is 4. The lowest BCUT2D eigenvalue weighted by molar-refractivity contribution is -0.334. The number of carboxylic acid groups (broad SMARTS) is 1. The number of ether oxygens (including phenoxy) is 7. The number of nitrogens with two attached hydrogens (primary N) is 2. The van der Waals surface area contributed by atoms with Crippen molar-refractivity contribution in [2.24, 2.45) is 23.3 Å². The number of nitrogens with one attached hydrogen (secondary N) is 5. The second-order valence-electron chi connectivity index (χ2n) is 26.6. The predicted octanol–water partition coefficient (Wildman–Crippen LogP) is 3.21. The third-order valence-corrected chi connectivity index (χ3v) is 19.1. The van der Waals surface area contributed by atoms with Crippen molar-refractivity contribution in [1.29, 1.82) is 0 Å². The molecule has 2 saturated heterocycles. The van der Waals surface area contributed by atoms with E-state index in [9.17, 15) is 69.9 Å². The van der Waals surface area contributed by atoms with E-state index in [2.05, 4.69) is 26.6 Å². The van der Waals surface area contributed by atoms with Gasteiger partial charge in [0.1, 0.15) is 71.4 Å². The summed E-state index contributed by atoms with van der Waals surface area (Å²) in [5, 5.41) is 117. The van der Waals surface area contributed by atoms with Crippen molar-refractivity contribution in [2.45, 2.75) is 163 Å². The number of aliphatic hydroxyl groups is 5. The zero-order valence-electron chi connectivity index (χ0n) is 55.5. The van der Waals surface area contributed by atoms with Gasteiger partial charge < -0.3 is 117 Å². The van der Waals surface area contributed by atoms with Crippen molar-refractivity contribution < 1.29 is 113 Å². The molecule has 11 bridgehead atoms. The molecule has 30 nitrogen and oxygen atoms in total. The highest BCUT2D eigenvalue weighted by molar-refractivity contribution is 6.32. The molecule has 7 aliphatic heterocycles. The quantitative estimate of drug-likeness (QED) is 0.0759. The maximum Gasteiger partial charge on any atom is 0.330 e. The number of aliphatic carboxylic acids is 1. The number of primary amides is 1. The van der Waals surface area contributed by atoms with Gasteiger partial charge in [-0.2, -0.15) is 0 Å². The summed E-state index contributed by atoms with van der Waals surface area (Å²) in [6.07, 6.45) is -18.1. The number of halogens is 2. The molecule has 101 heavy (non-hydrogen) atoms. The number of benzene rings is 5. The number of aliphatic hydroxyl groups excluding tert-OH is 5. The van der Waals surface area contributed by atoms with Crippen LogP contribution >= 0.6 is 23.2 Å². The van der Waals surface area contributed by atoms with Gasteiger partial charge >= 0.3 is 5.97 Å². The van der Waals surface area contributed by atoms with Crippen LogP contribution < -0.4 is 52.3 Å². The number of Topliss-reactive ketones (excluding diaryl/α,β-unsaturated/α-hetero) is 2. The largest absolute Gasteiger partial charge is 0.508 e. The molecule has 0 radical (unpaired) electrons. The molecule has 2 fully saturated rings. The van der Waals surface area contributed by atoms with Crippen LogP contribution in [0.4, 0.5) is 0 Å². The van der Waals surface area contributed by atoms with E-state index in [0.717, 1.165) is 30.3 Å². The minimum absolute atomic E-state index is 0.0142. The minimum Gasteiger partial charge on any atom is -0.508 e. The zero-order valence-corrected chi connectivity index (χ0v) is 57.0. The summed E-state index contributed by atoms with van der Waals surface area (Å²) >= 11 is 14.3. The first-order valence-corrected chi connectivity index (χ1v) is 33.2. The highest BCUT2D eigenvalue weighted by atomic mass is 35.5. The van der Waals surface area contributed by atoms with Crippen LogP contribution in [0.5, 0.6) is 46.0 Å². The number of fused-ring (bicyclic) bond motifs is 15. The van der Waals surface area contributed by atoms with E-state index in [4.69, 9.17) is 67.8 Å². The second kappa shape index (κ2) is 31.1. The van der Waals surface area contributed by atoms with Crippen LogP contribution in [-0.4, -0.2) is 187 Å². The summed E-state index contributed by atoms with van der Waals surface area (Å²) in [4.78, 5) is 102. The summed E-state index contributed by atoms with van der Waals surface area (Å²) in [7, 11) is 2.84. The van der Waals surface area contributed by atoms with Crippen LogP contribution in [0.1, 0.15) is 118 Å². The highest BCUT2D eigenvalue weighted by Crippen LogP contribution is 2.50. The van der Waals surface area contributed by atoms with E-state index >= 15 is 9.59 Å². The molecule has 32 heteroatoms. The number of carbonyl (C=O) groups excluding carboxylic acids is 6. The van der Waals surface area contributed by atoms with Crippen LogP contribution in [0.2, 0.25) is 10.0 Å². The second-order valence-corrected chi connectivity index (χ2v) is 27.5. The molecule has 0 saturated carbocycles. The van der Waals surface area contributed by atoms with Crippen LogP contribution in [0.3, 0.4) is 0 Å². The number of hydrogen-bond acceptors (Lipinski definition) is 25. The van der Waals surface area contributed by atoms with Gasteiger partial charge in [0.25, 0.3) is 0 Å². The molecule has 0 aromatic heterocycles. The number of phenolic OH excluding ortho intramolecular Hbond substituents is 3. The monoisotopic (exact) mass is 1450 g/mol. The van der Waals surface area contributed by atoms with Crippen molar-refractivity contribution in [2.75, 3.05) is 27.3 Å². The predicted molar refractivity (Wildman–Crippen MR) is 357 cm³/mol. The molecule has 7 heterocycles. The van der Waals surface area contributed by atoms with E-state index < -0.39 is 222 Å². The number of likely N-dealkylation sites (N-methyl/N-ethyl adjacent to an activating group) is 1. The Kier molecular flexibility index (Phi) is 23.2. The molecular formula is C69H81Cl2N7O23. The van der Waals surface area contributed by atoms with Gasteiger partial charge in [-0.25, -0.2) is 4.79 Å². The van der Waals surface area contributed by atoms with E-state index in [-0.39, 0.29) is 68.3 Å². The number of methoxy groups -OCH3 is 1. The van der Waals surface area contributed by atoms with Gasteiger partial charge in [0.15, 0.2) is 41.5 Å². The first kappa shape index (κ1) is 75.4. The van der Waals surface area contributed by atoms with Crippen LogP contribution in [-0.2, 0) is 52.5 Å². The van der Waals surface area contributed by atoms with Gasteiger partial charge in [-0.3, -0.25) is 28.8 Å². The molecule has 0 spiro atoms. The molecule has 18 N–H and O–H groups in total. The standard InChI is InChI=1S/C69H81Cl2N7O23/c1-27(2)13-40(74-5)65(91)77-55-43(82)14-29(15-50(72)84)25-75-53-33-19-47(97-45-11-8-31(57(55)85)17-38(45)70)61(101-68-62(60(88)59(87)49(99-68)26-95-6)100-51-24-69(4,73)63(89)28(3)96-51)48(20-33)98-46-12-9-32(18-39(46)71)58(86)56-66(92)76-54(67(93)94)37-21-34(79)22-42(81)52(37)36-16-30(7-10-41(36)80)35(23-44(53)83)64(90)78-56/h7-12,16-22,27-29,35,40,49,51,53-60,62-63,68,74-75,79-81,85-89H,13-15,23-26,73H2,1-6H3,(H2,72,84)(H,76,92)(H,77,91)(H,78,90)(H,93,94)/t28-,29-,35+,40+,49+,51-,53+,54+,55?,56-,57+,58+,59+,60-,62+,63+,68-,69-/m0/s1. The average molecular weight is 1450 g/mol. The molecule has 12 rings (SSSR count). The Morgan fingerprint density at radius 1 is 0.772 bits per heavy atom.